The van der Waals surface area contributed by atoms with Crippen LogP contribution in [0.5, 0.6) is 0 Å². The fourth-order valence-corrected chi connectivity index (χ4v) is 4.63. The third kappa shape index (κ3) is 4.08. The monoisotopic (exact) mass is 460 g/mol. The number of nitrogens with zero attached hydrogens (tertiary/aromatic N) is 5. The summed E-state index contributed by atoms with van der Waals surface area (Å²) in [6.07, 6.45) is 1.80. The molecule has 2 atom stereocenters. The predicted molar refractivity (Wildman–Crippen MR) is 115 cm³/mol. The second-order valence-electron chi connectivity index (χ2n) is 8.36. The highest BCUT2D eigenvalue weighted by atomic mass is 19.3. The van der Waals surface area contributed by atoms with Gasteiger partial charge in [0.25, 0.3) is 6.43 Å². The van der Waals surface area contributed by atoms with Crippen LogP contribution in [0.3, 0.4) is 0 Å². The van der Waals surface area contributed by atoms with Crippen molar-refractivity contribution in [3.8, 4) is 0 Å². The number of anilines is 2. The summed E-state index contributed by atoms with van der Waals surface area (Å²) in [5.41, 5.74) is 0.885. The smallest absolute Gasteiger partial charge is 0.322 e. The zero-order valence-corrected chi connectivity index (χ0v) is 17.7. The Morgan fingerprint density at radius 1 is 1.21 bits per heavy atom. The molecule has 0 aliphatic carbocycles. The van der Waals surface area contributed by atoms with Gasteiger partial charge < -0.3 is 20.2 Å². The molecule has 2 saturated heterocycles. The van der Waals surface area contributed by atoms with Crippen LogP contribution < -0.4 is 10.2 Å². The molecule has 174 valence electrons. The fourth-order valence-electron chi connectivity index (χ4n) is 4.63. The first-order valence-electron chi connectivity index (χ1n) is 10.8. The van der Waals surface area contributed by atoms with E-state index in [2.05, 4.69) is 15.4 Å². The second kappa shape index (κ2) is 8.54. The summed E-state index contributed by atoms with van der Waals surface area (Å²) in [6, 6.07) is 4.30. The van der Waals surface area contributed by atoms with Gasteiger partial charge in [-0.05, 0) is 43.0 Å². The number of aromatic nitrogens is 3. The number of amides is 2. The number of carbonyl (C=O) groups excluding carboxylic acids is 1. The molecule has 2 amide bonds. The number of nitrogens with one attached hydrogen (secondary N) is 1. The molecule has 11 heteroatoms. The highest BCUT2D eigenvalue weighted by Gasteiger charge is 2.31. The molecule has 2 fully saturated rings. The molecule has 4 heterocycles. The van der Waals surface area contributed by atoms with Gasteiger partial charge in [0.2, 0.25) is 0 Å². The number of halogens is 3. The van der Waals surface area contributed by atoms with Crippen LogP contribution in [-0.4, -0.2) is 56.4 Å². The molecule has 33 heavy (non-hydrogen) atoms. The van der Waals surface area contributed by atoms with E-state index in [1.807, 2.05) is 4.90 Å². The molecule has 1 aromatic carbocycles. The Morgan fingerprint density at radius 2 is 2.06 bits per heavy atom. The molecule has 0 saturated carbocycles. The Morgan fingerprint density at radius 3 is 2.82 bits per heavy atom. The minimum absolute atomic E-state index is 0.181. The molecular formula is C22H23F3N6O2. The van der Waals surface area contributed by atoms with Gasteiger partial charge in [0, 0.05) is 31.4 Å². The highest BCUT2D eigenvalue weighted by Crippen LogP contribution is 2.39. The maximum absolute atomic E-state index is 13.9. The number of β-amino-alcohol motifs (C(OH)–C–C–N with tert-alkyl or cyclic N) is 1. The average Bonchev–Trinajstić information content (AvgIpc) is 3.53. The molecule has 2 aromatic heterocycles. The third-order valence-corrected chi connectivity index (χ3v) is 6.24. The van der Waals surface area contributed by atoms with Crippen LogP contribution in [0.15, 0.2) is 36.7 Å². The molecule has 8 nitrogen and oxygen atoms in total. The van der Waals surface area contributed by atoms with E-state index in [0.717, 1.165) is 18.6 Å². The second-order valence-corrected chi connectivity index (χ2v) is 8.36. The van der Waals surface area contributed by atoms with Gasteiger partial charge in [-0.2, -0.15) is 5.10 Å². The van der Waals surface area contributed by atoms with Crippen molar-refractivity contribution in [3.63, 3.8) is 0 Å². The van der Waals surface area contributed by atoms with Crippen LogP contribution in [0.4, 0.5) is 29.5 Å². The number of carbonyl (C=O) groups is 1. The van der Waals surface area contributed by atoms with Gasteiger partial charge in [0.05, 0.1) is 18.3 Å². The van der Waals surface area contributed by atoms with Crippen molar-refractivity contribution >= 4 is 23.2 Å². The van der Waals surface area contributed by atoms with Gasteiger partial charge in [-0.15, -0.1) is 0 Å². The molecule has 0 radical (unpaired) electrons. The Balaban J connectivity index is 1.45. The number of likely N-dealkylation sites (tertiary alicyclic amines) is 1. The van der Waals surface area contributed by atoms with Crippen molar-refractivity contribution in [2.75, 3.05) is 29.9 Å². The zero-order valence-electron chi connectivity index (χ0n) is 17.7. The van der Waals surface area contributed by atoms with Gasteiger partial charge in [0.1, 0.15) is 17.3 Å². The van der Waals surface area contributed by atoms with Crippen molar-refractivity contribution in [1.29, 1.82) is 0 Å². The van der Waals surface area contributed by atoms with E-state index >= 15 is 0 Å². The van der Waals surface area contributed by atoms with E-state index in [0.29, 0.717) is 43.1 Å². The summed E-state index contributed by atoms with van der Waals surface area (Å²) in [7, 11) is 0. The van der Waals surface area contributed by atoms with Crippen molar-refractivity contribution in [2.45, 2.75) is 37.8 Å². The molecular weight excluding hydrogens is 437 g/mol. The molecule has 2 unspecified atom stereocenters. The first-order chi connectivity index (χ1) is 15.9. The lowest BCUT2D eigenvalue weighted by Crippen LogP contribution is -2.33. The van der Waals surface area contributed by atoms with E-state index in [9.17, 15) is 23.1 Å². The summed E-state index contributed by atoms with van der Waals surface area (Å²) in [5, 5.41) is 16.7. The summed E-state index contributed by atoms with van der Waals surface area (Å²) in [4.78, 5) is 20.6. The van der Waals surface area contributed by atoms with Gasteiger partial charge in [-0.25, -0.2) is 27.5 Å². The minimum Gasteiger partial charge on any atom is -0.391 e. The lowest BCUT2D eigenvalue weighted by Gasteiger charge is -2.28. The van der Waals surface area contributed by atoms with Crippen molar-refractivity contribution in [2.24, 2.45) is 0 Å². The van der Waals surface area contributed by atoms with Gasteiger partial charge in [-0.1, -0.05) is 6.07 Å². The van der Waals surface area contributed by atoms with Gasteiger partial charge in [0.15, 0.2) is 5.65 Å². The number of hydrogen-bond acceptors (Lipinski definition) is 5. The minimum atomic E-state index is -2.71. The summed E-state index contributed by atoms with van der Waals surface area (Å²) < 4.78 is 42.7. The van der Waals surface area contributed by atoms with Gasteiger partial charge in [-0.3, -0.25) is 0 Å². The quantitative estimate of drug-likeness (QED) is 0.620. The Kier molecular flexibility index (Phi) is 5.57. The Labute approximate surface area is 187 Å². The van der Waals surface area contributed by atoms with Crippen LogP contribution in [0.2, 0.25) is 0 Å². The van der Waals surface area contributed by atoms with Crippen molar-refractivity contribution in [3.05, 3.63) is 53.6 Å². The number of benzene rings is 1. The summed E-state index contributed by atoms with van der Waals surface area (Å²) >= 11 is 0. The summed E-state index contributed by atoms with van der Waals surface area (Å²) in [5.74, 6) is -0.0282. The Bertz CT molecular complexity index is 1190. The van der Waals surface area contributed by atoms with E-state index in [-0.39, 0.29) is 23.7 Å². The molecule has 3 aromatic rings. The largest absolute Gasteiger partial charge is 0.391 e. The third-order valence-electron chi connectivity index (χ3n) is 6.24. The standard InChI is InChI=1S/C22H23F3N6O2/c23-13-3-4-15(20(24)25)16(10-13)18-2-1-7-30(18)19-6-9-31-21(28-19)17(11-26-31)27-22(33)29-8-5-14(32)12-29/h3-4,6,9-11,14,18,20,32H,1-2,5,7-8,12H2,(H,27,33). The lowest BCUT2D eigenvalue weighted by atomic mass is 9.98. The number of aliphatic hydroxyl groups excluding tert-OH is 1. The molecule has 5 rings (SSSR count). The zero-order chi connectivity index (χ0) is 23.1. The average molecular weight is 460 g/mol. The van der Waals surface area contributed by atoms with E-state index < -0.39 is 24.4 Å². The van der Waals surface area contributed by atoms with Crippen LogP contribution in [0.25, 0.3) is 5.65 Å². The predicted octanol–water partition coefficient (Wildman–Crippen LogP) is 3.75. The molecule has 2 aliphatic rings. The van der Waals surface area contributed by atoms with Crippen molar-refractivity contribution in [1.82, 2.24) is 19.5 Å². The molecule has 0 bridgehead atoms. The van der Waals surface area contributed by atoms with Crippen LogP contribution >= 0.6 is 0 Å². The first kappa shape index (κ1) is 21.5. The summed E-state index contributed by atoms with van der Waals surface area (Å²) in [6.45, 7) is 1.30. The van der Waals surface area contributed by atoms with E-state index in [4.69, 9.17) is 0 Å². The van der Waals surface area contributed by atoms with Crippen molar-refractivity contribution < 1.29 is 23.1 Å². The van der Waals surface area contributed by atoms with Gasteiger partial charge >= 0.3 is 6.03 Å². The van der Waals surface area contributed by atoms with Crippen LogP contribution in [-0.2, 0) is 0 Å². The molecule has 2 aliphatic heterocycles. The number of rotatable bonds is 4. The number of fused-ring (bicyclic) bond motifs is 1. The number of hydrogen-bond donors (Lipinski definition) is 2. The normalized spacial score (nSPS) is 20.9. The highest BCUT2D eigenvalue weighted by molar-refractivity contribution is 5.93. The lowest BCUT2D eigenvalue weighted by molar-refractivity contribution is 0.149. The van der Waals surface area contributed by atoms with E-state index in [1.54, 1.807) is 12.3 Å². The molecule has 0 spiro atoms. The Hall–Kier alpha value is -3.34. The van der Waals surface area contributed by atoms with Crippen LogP contribution in [0.1, 0.15) is 42.9 Å². The van der Waals surface area contributed by atoms with E-state index in [1.165, 1.54) is 21.7 Å². The topological polar surface area (TPSA) is 86.0 Å². The fraction of sp³-hybridized carbons (Fsp3) is 0.409. The van der Waals surface area contributed by atoms with Crippen LogP contribution in [0, 0.1) is 5.82 Å². The maximum atomic E-state index is 13.9. The number of aliphatic hydroxyl groups is 1. The molecule has 2 N–H and O–H groups in total. The maximum Gasteiger partial charge on any atom is 0.322 e. The number of urea groups is 1. The first-order valence-corrected chi connectivity index (χ1v) is 10.8. The number of alkyl halides is 2. The SMILES string of the molecule is O=C(Nc1cnn2ccc(N3CCCC3c3cc(F)ccc3C(F)F)nc12)N1CCC(O)C1.